The highest BCUT2D eigenvalue weighted by atomic mass is 79.9. The third kappa shape index (κ3) is 3.67. The molecule has 2 rings (SSSR count). The van der Waals surface area contributed by atoms with E-state index in [2.05, 4.69) is 20.7 Å². The molecule has 0 amide bonds. The molecule has 2 aromatic rings. The van der Waals surface area contributed by atoms with Crippen molar-refractivity contribution in [2.75, 3.05) is 0 Å². The van der Waals surface area contributed by atoms with Gasteiger partial charge in [0, 0.05) is 11.0 Å². The number of benzene rings is 2. The van der Waals surface area contributed by atoms with Crippen molar-refractivity contribution in [1.29, 1.82) is 5.26 Å². The molecule has 0 aliphatic heterocycles. The molecule has 0 bridgehead atoms. The Kier molecular flexibility index (Phi) is 4.55. The summed E-state index contributed by atoms with van der Waals surface area (Å²) in [5.74, 6) is 0. The minimum absolute atomic E-state index is 0.147. The van der Waals surface area contributed by atoms with E-state index >= 15 is 0 Å². The smallest absolute Gasteiger partial charge is 0.207 e. The van der Waals surface area contributed by atoms with Crippen LogP contribution in [0.4, 0.5) is 0 Å². The zero-order chi connectivity index (χ0) is 14.6. The SMILES string of the molecule is N#Cc1ccc(S(=O)(=O)NCc2ccc(Br)cc2)cc1. The molecule has 0 aliphatic carbocycles. The van der Waals surface area contributed by atoms with E-state index in [1.165, 1.54) is 24.3 Å². The van der Waals surface area contributed by atoms with Gasteiger partial charge in [0.15, 0.2) is 0 Å². The predicted octanol–water partition coefficient (Wildman–Crippen LogP) is 2.80. The summed E-state index contributed by atoms with van der Waals surface area (Å²) in [6.07, 6.45) is 0. The van der Waals surface area contributed by atoms with Crippen LogP contribution in [-0.2, 0) is 16.6 Å². The van der Waals surface area contributed by atoms with Gasteiger partial charge in [0.05, 0.1) is 16.5 Å². The van der Waals surface area contributed by atoms with Crippen LogP contribution in [0.3, 0.4) is 0 Å². The third-order valence-electron chi connectivity index (χ3n) is 2.67. The second-order valence-electron chi connectivity index (χ2n) is 4.09. The number of sulfonamides is 1. The molecule has 0 aromatic heterocycles. The molecule has 0 radical (unpaired) electrons. The lowest BCUT2D eigenvalue weighted by molar-refractivity contribution is 0.581. The summed E-state index contributed by atoms with van der Waals surface area (Å²) in [5.41, 5.74) is 1.29. The number of halogens is 1. The van der Waals surface area contributed by atoms with Gasteiger partial charge in [0.2, 0.25) is 10.0 Å². The van der Waals surface area contributed by atoms with Gasteiger partial charge in [-0.2, -0.15) is 5.26 Å². The van der Waals surface area contributed by atoms with E-state index in [0.717, 1.165) is 10.0 Å². The summed E-state index contributed by atoms with van der Waals surface area (Å²) in [6, 6.07) is 15.1. The first kappa shape index (κ1) is 14.7. The van der Waals surface area contributed by atoms with Crippen LogP contribution >= 0.6 is 15.9 Å². The highest BCUT2D eigenvalue weighted by Crippen LogP contribution is 2.13. The molecule has 0 heterocycles. The fourth-order valence-corrected chi connectivity index (χ4v) is 2.85. The van der Waals surface area contributed by atoms with E-state index in [0.29, 0.717) is 5.56 Å². The van der Waals surface area contributed by atoms with Gasteiger partial charge in [-0.25, -0.2) is 13.1 Å². The van der Waals surface area contributed by atoms with Crippen LogP contribution < -0.4 is 4.72 Å². The molecule has 1 N–H and O–H groups in total. The average molecular weight is 351 g/mol. The molecular formula is C14H11BrN2O2S. The van der Waals surface area contributed by atoms with Gasteiger partial charge in [-0.15, -0.1) is 0 Å². The minimum Gasteiger partial charge on any atom is -0.207 e. The van der Waals surface area contributed by atoms with Gasteiger partial charge in [-0.05, 0) is 42.0 Å². The maximum absolute atomic E-state index is 12.1. The second-order valence-corrected chi connectivity index (χ2v) is 6.77. The molecule has 2 aromatic carbocycles. The van der Waals surface area contributed by atoms with E-state index in [1.54, 1.807) is 0 Å². The van der Waals surface area contributed by atoms with Crippen molar-refractivity contribution in [3.8, 4) is 6.07 Å². The van der Waals surface area contributed by atoms with Crippen LogP contribution in [0.5, 0.6) is 0 Å². The van der Waals surface area contributed by atoms with Crippen molar-refractivity contribution in [1.82, 2.24) is 4.72 Å². The molecule has 102 valence electrons. The van der Waals surface area contributed by atoms with Crippen LogP contribution in [0.2, 0.25) is 0 Å². The Balaban J connectivity index is 2.10. The lowest BCUT2D eigenvalue weighted by Crippen LogP contribution is -2.23. The Morgan fingerprint density at radius 1 is 1.05 bits per heavy atom. The van der Waals surface area contributed by atoms with Gasteiger partial charge in [-0.1, -0.05) is 28.1 Å². The largest absolute Gasteiger partial charge is 0.240 e. The number of rotatable bonds is 4. The first-order chi connectivity index (χ1) is 9.51. The molecule has 0 aliphatic rings. The molecule has 0 unspecified atom stereocenters. The molecule has 6 heteroatoms. The van der Waals surface area contributed by atoms with Gasteiger partial charge < -0.3 is 0 Å². The monoisotopic (exact) mass is 350 g/mol. The van der Waals surface area contributed by atoms with E-state index in [-0.39, 0.29) is 11.4 Å². The van der Waals surface area contributed by atoms with Crippen molar-refractivity contribution >= 4 is 26.0 Å². The quantitative estimate of drug-likeness (QED) is 0.921. The van der Waals surface area contributed by atoms with Gasteiger partial charge in [0.1, 0.15) is 0 Å². The van der Waals surface area contributed by atoms with E-state index < -0.39 is 10.0 Å². The molecule has 4 nitrogen and oxygen atoms in total. The van der Waals surface area contributed by atoms with Crippen molar-refractivity contribution < 1.29 is 8.42 Å². The van der Waals surface area contributed by atoms with Crippen molar-refractivity contribution in [2.24, 2.45) is 0 Å². The fraction of sp³-hybridized carbons (Fsp3) is 0.0714. The maximum Gasteiger partial charge on any atom is 0.240 e. The fourth-order valence-electron chi connectivity index (χ4n) is 1.57. The van der Waals surface area contributed by atoms with E-state index in [4.69, 9.17) is 5.26 Å². The number of nitrogens with one attached hydrogen (secondary N) is 1. The van der Waals surface area contributed by atoms with E-state index in [9.17, 15) is 8.42 Å². The molecule has 0 spiro atoms. The number of nitrogens with zero attached hydrogens (tertiary/aromatic N) is 1. The third-order valence-corrected chi connectivity index (χ3v) is 4.62. The van der Waals surface area contributed by atoms with Crippen molar-refractivity contribution in [3.05, 3.63) is 64.1 Å². The summed E-state index contributed by atoms with van der Waals surface area (Å²) < 4.78 is 27.6. The van der Waals surface area contributed by atoms with Crippen LogP contribution in [0.25, 0.3) is 0 Å². The normalized spacial score (nSPS) is 11.0. The lowest BCUT2D eigenvalue weighted by Gasteiger charge is -2.07. The van der Waals surface area contributed by atoms with Gasteiger partial charge >= 0.3 is 0 Å². The molecule has 0 atom stereocenters. The van der Waals surface area contributed by atoms with Crippen molar-refractivity contribution in [3.63, 3.8) is 0 Å². The Morgan fingerprint density at radius 2 is 1.65 bits per heavy atom. The molecule has 20 heavy (non-hydrogen) atoms. The number of hydrogen-bond donors (Lipinski definition) is 1. The van der Waals surface area contributed by atoms with Crippen LogP contribution in [-0.4, -0.2) is 8.42 Å². The molecular weight excluding hydrogens is 340 g/mol. The van der Waals surface area contributed by atoms with E-state index in [1.807, 2.05) is 30.3 Å². The Morgan fingerprint density at radius 3 is 2.20 bits per heavy atom. The zero-order valence-electron chi connectivity index (χ0n) is 10.4. The molecule has 0 saturated heterocycles. The first-order valence-electron chi connectivity index (χ1n) is 5.75. The Bertz CT molecular complexity index is 732. The van der Waals surface area contributed by atoms with Gasteiger partial charge in [0.25, 0.3) is 0 Å². The number of hydrogen-bond acceptors (Lipinski definition) is 3. The standard InChI is InChI=1S/C14H11BrN2O2S/c15-13-5-1-12(2-6-13)10-17-20(18,19)14-7-3-11(9-16)4-8-14/h1-8,17H,10H2. The zero-order valence-corrected chi connectivity index (χ0v) is 12.8. The highest BCUT2D eigenvalue weighted by molar-refractivity contribution is 9.10. The summed E-state index contributed by atoms with van der Waals surface area (Å²) in [5, 5.41) is 8.69. The van der Waals surface area contributed by atoms with Crippen LogP contribution in [0, 0.1) is 11.3 Å². The minimum atomic E-state index is -3.56. The number of nitriles is 1. The summed E-state index contributed by atoms with van der Waals surface area (Å²) in [4.78, 5) is 0.147. The molecule has 0 saturated carbocycles. The summed E-state index contributed by atoms with van der Waals surface area (Å²) >= 11 is 3.32. The van der Waals surface area contributed by atoms with Gasteiger partial charge in [-0.3, -0.25) is 0 Å². The Hall–Kier alpha value is -1.68. The summed E-state index contributed by atoms with van der Waals surface area (Å²) in [6.45, 7) is 0.218. The summed E-state index contributed by atoms with van der Waals surface area (Å²) in [7, 11) is -3.56. The van der Waals surface area contributed by atoms with Crippen LogP contribution in [0.1, 0.15) is 11.1 Å². The molecule has 0 fully saturated rings. The van der Waals surface area contributed by atoms with Crippen molar-refractivity contribution in [2.45, 2.75) is 11.4 Å². The van der Waals surface area contributed by atoms with Crippen LogP contribution in [0.15, 0.2) is 57.9 Å². The topological polar surface area (TPSA) is 70.0 Å². The maximum atomic E-state index is 12.1. The second kappa shape index (κ2) is 6.18. The Labute approximate surface area is 126 Å². The first-order valence-corrected chi connectivity index (χ1v) is 8.03. The lowest BCUT2D eigenvalue weighted by atomic mass is 10.2. The average Bonchev–Trinajstić information content (AvgIpc) is 2.47. The predicted molar refractivity (Wildman–Crippen MR) is 79.3 cm³/mol. The highest BCUT2D eigenvalue weighted by Gasteiger charge is 2.13.